The molecule has 2 rings (SSSR count). The predicted molar refractivity (Wildman–Crippen MR) is 44.8 cm³/mol. The van der Waals surface area contributed by atoms with Crippen LogP contribution in [-0.2, 0) is 0 Å². The molecule has 0 saturated heterocycles. The fraction of sp³-hybridized carbons (Fsp3) is 0. The number of rotatable bonds is 1. The van der Waals surface area contributed by atoms with Crippen molar-refractivity contribution >= 4 is 16.9 Å². The van der Waals surface area contributed by atoms with Crippen LogP contribution < -0.4 is 0 Å². The molecule has 2 N–H and O–H groups in total. The summed E-state index contributed by atoms with van der Waals surface area (Å²) in [5.41, 5.74) is 0.358. The molecule has 1 aromatic heterocycles. The van der Waals surface area contributed by atoms with E-state index in [0.29, 0.717) is 11.0 Å². The van der Waals surface area contributed by atoms with Gasteiger partial charge in [0.1, 0.15) is 16.9 Å². The van der Waals surface area contributed by atoms with E-state index < -0.39 is 5.97 Å². The number of phenols is 1. The van der Waals surface area contributed by atoms with Crippen molar-refractivity contribution in [2.24, 2.45) is 0 Å². The van der Waals surface area contributed by atoms with E-state index in [-0.39, 0.29) is 11.3 Å². The first-order valence-electron chi connectivity index (χ1n) is 3.62. The van der Waals surface area contributed by atoms with E-state index in [1.165, 1.54) is 24.5 Å². The predicted octanol–water partition coefficient (Wildman–Crippen LogP) is 1.84. The van der Waals surface area contributed by atoms with Crippen LogP contribution >= 0.6 is 0 Å². The molecular formula is C9H6O4. The highest BCUT2D eigenvalue weighted by Crippen LogP contribution is 2.29. The van der Waals surface area contributed by atoms with E-state index in [2.05, 4.69) is 0 Å². The van der Waals surface area contributed by atoms with E-state index in [1.807, 2.05) is 0 Å². The molecule has 0 bridgehead atoms. The maximum Gasteiger partial charge on any atom is 0.339 e. The van der Waals surface area contributed by atoms with Crippen molar-refractivity contribution in [2.75, 3.05) is 0 Å². The monoisotopic (exact) mass is 178 g/mol. The molecule has 2 aromatic rings. The lowest BCUT2D eigenvalue weighted by Crippen LogP contribution is -1.95. The number of carboxylic acid groups (broad SMARTS) is 1. The van der Waals surface area contributed by atoms with Crippen LogP contribution in [0, 0.1) is 0 Å². The van der Waals surface area contributed by atoms with Gasteiger partial charge in [-0.1, -0.05) is 0 Å². The number of furan rings is 1. The van der Waals surface area contributed by atoms with E-state index >= 15 is 0 Å². The number of hydrogen-bond donors (Lipinski definition) is 2. The van der Waals surface area contributed by atoms with Crippen LogP contribution in [-0.4, -0.2) is 16.2 Å². The molecule has 13 heavy (non-hydrogen) atoms. The van der Waals surface area contributed by atoms with Gasteiger partial charge in [-0.25, -0.2) is 4.79 Å². The van der Waals surface area contributed by atoms with Gasteiger partial charge in [0.15, 0.2) is 0 Å². The Bertz CT molecular complexity index is 469. The SMILES string of the molecule is O=C(O)c1ccc2occc2c1O. The lowest BCUT2D eigenvalue weighted by Gasteiger charge is -1.98. The Morgan fingerprint density at radius 3 is 2.77 bits per heavy atom. The molecule has 1 aromatic carbocycles. The van der Waals surface area contributed by atoms with Crippen LogP contribution in [0.1, 0.15) is 10.4 Å². The zero-order chi connectivity index (χ0) is 9.42. The second-order valence-corrected chi connectivity index (χ2v) is 2.60. The van der Waals surface area contributed by atoms with Gasteiger partial charge in [0.25, 0.3) is 0 Å². The van der Waals surface area contributed by atoms with Crippen molar-refractivity contribution in [1.82, 2.24) is 0 Å². The van der Waals surface area contributed by atoms with Gasteiger partial charge in [-0.05, 0) is 18.2 Å². The van der Waals surface area contributed by atoms with E-state index in [0.717, 1.165) is 0 Å². The van der Waals surface area contributed by atoms with Crippen molar-refractivity contribution in [3.8, 4) is 5.75 Å². The van der Waals surface area contributed by atoms with Crippen molar-refractivity contribution in [3.63, 3.8) is 0 Å². The zero-order valence-electron chi connectivity index (χ0n) is 6.52. The summed E-state index contributed by atoms with van der Waals surface area (Å²) in [6.07, 6.45) is 1.40. The summed E-state index contributed by atoms with van der Waals surface area (Å²) in [5.74, 6) is -1.40. The Morgan fingerprint density at radius 1 is 1.31 bits per heavy atom. The molecule has 4 heteroatoms. The molecule has 0 aliphatic heterocycles. The lowest BCUT2D eigenvalue weighted by molar-refractivity contribution is 0.0694. The van der Waals surface area contributed by atoms with Crippen molar-refractivity contribution in [2.45, 2.75) is 0 Å². The molecule has 0 amide bonds. The molecule has 0 aliphatic rings. The lowest BCUT2D eigenvalue weighted by atomic mass is 10.1. The smallest absolute Gasteiger partial charge is 0.339 e. The number of carboxylic acids is 1. The van der Waals surface area contributed by atoms with Gasteiger partial charge in [-0.2, -0.15) is 0 Å². The molecule has 0 spiro atoms. The standard InChI is InChI=1S/C9H6O4/c10-8-5-3-4-13-7(5)2-1-6(8)9(11)12/h1-4,10H,(H,11,12). The van der Waals surface area contributed by atoms with Crippen molar-refractivity contribution in [1.29, 1.82) is 0 Å². The van der Waals surface area contributed by atoms with Crippen LogP contribution in [0.25, 0.3) is 11.0 Å². The van der Waals surface area contributed by atoms with Crippen molar-refractivity contribution in [3.05, 3.63) is 30.0 Å². The van der Waals surface area contributed by atoms with Gasteiger partial charge in [-0.15, -0.1) is 0 Å². The highest BCUT2D eigenvalue weighted by Gasteiger charge is 2.13. The second kappa shape index (κ2) is 2.52. The van der Waals surface area contributed by atoms with Crippen LogP contribution in [0.4, 0.5) is 0 Å². The summed E-state index contributed by atoms with van der Waals surface area (Å²) in [6, 6.07) is 4.35. The van der Waals surface area contributed by atoms with E-state index in [4.69, 9.17) is 9.52 Å². The molecular weight excluding hydrogens is 172 g/mol. The Kier molecular flexibility index (Phi) is 1.48. The maximum atomic E-state index is 10.6. The Morgan fingerprint density at radius 2 is 2.08 bits per heavy atom. The first-order valence-corrected chi connectivity index (χ1v) is 3.62. The van der Waals surface area contributed by atoms with Crippen LogP contribution in [0.5, 0.6) is 5.75 Å². The summed E-state index contributed by atoms with van der Waals surface area (Å²) >= 11 is 0. The molecule has 4 nitrogen and oxygen atoms in total. The van der Waals surface area contributed by atoms with E-state index in [9.17, 15) is 9.90 Å². The van der Waals surface area contributed by atoms with Crippen LogP contribution in [0.15, 0.2) is 28.9 Å². The van der Waals surface area contributed by atoms with Crippen LogP contribution in [0.3, 0.4) is 0 Å². The first-order chi connectivity index (χ1) is 6.20. The Labute approximate surface area is 73.0 Å². The molecule has 0 radical (unpaired) electrons. The quantitative estimate of drug-likeness (QED) is 0.698. The Balaban J connectivity index is 2.80. The topological polar surface area (TPSA) is 70.7 Å². The number of carbonyl (C=O) groups is 1. The maximum absolute atomic E-state index is 10.6. The van der Waals surface area contributed by atoms with E-state index in [1.54, 1.807) is 0 Å². The average molecular weight is 178 g/mol. The molecule has 0 fully saturated rings. The Hall–Kier alpha value is -1.97. The van der Waals surface area contributed by atoms with Gasteiger partial charge >= 0.3 is 5.97 Å². The molecule has 1 heterocycles. The number of hydrogen-bond acceptors (Lipinski definition) is 3. The number of fused-ring (bicyclic) bond motifs is 1. The second-order valence-electron chi connectivity index (χ2n) is 2.60. The highest BCUT2D eigenvalue weighted by atomic mass is 16.4. The summed E-state index contributed by atoms with van der Waals surface area (Å²) in [7, 11) is 0. The molecule has 0 aliphatic carbocycles. The van der Waals surface area contributed by atoms with Gasteiger partial charge < -0.3 is 14.6 Å². The molecule has 0 saturated carbocycles. The highest BCUT2D eigenvalue weighted by molar-refractivity contribution is 5.98. The van der Waals surface area contributed by atoms with Gasteiger partial charge in [0.05, 0.1) is 11.6 Å². The van der Waals surface area contributed by atoms with Crippen molar-refractivity contribution < 1.29 is 19.4 Å². The fourth-order valence-corrected chi connectivity index (χ4v) is 1.20. The van der Waals surface area contributed by atoms with Gasteiger partial charge in [0.2, 0.25) is 0 Å². The third-order valence-corrected chi connectivity index (χ3v) is 1.84. The van der Waals surface area contributed by atoms with Crippen LogP contribution in [0.2, 0.25) is 0 Å². The minimum absolute atomic E-state index is 0.117. The fourth-order valence-electron chi connectivity index (χ4n) is 1.20. The average Bonchev–Trinajstić information content (AvgIpc) is 2.52. The number of aromatic hydroxyl groups is 1. The summed E-state index contributed by atoms with van der Waals surface area (Å²) in [5, 5.41) is 18.6. The summed E-state index contributed by atoms with van der Waals surface area (Å²) in [4.78, 5) is 10.6. The van der Waals surface area contributed by atoms with Gasteiger partial charge in [-0.3, -0.25) is 0 Å². The number of benzene rings is 1. The first kappa shape index (κ1) is 7.67. The number of aromatic carboxylic acids is 1. The molecule has 0 unspecified atom stereocenters. The minimum atomic E-state index is -1.15. The largest absolute Gasteiger partial charge is 0.506 e. The summed E-state index contributed by atoms with van der Waals surface area (Å²) < 4.78 is 4.98. The molecule has 66 valence electrons. The molecule has 0 atom stereocenters. The normalized spacial score (nSPS) is 10.5. The van der Waals surface area contributed by atoms with Gasteiger partial charge in [0, 0.05) is 0 Å². The summed E-state index contributed by atoms with van der Waals surface area (Å²) in [6.45, 7) is 0. The third kappa shape index (κ3) is 1.03. The third-order valence-electron chi connectivity index (χ3n) is 1.84. The zero-order valence-corrected chi connectivity index (χ0v) is 6.52. The minimum Gasteiger partial charge on any atom is -0.506 e.